The summed E-state index contributed by atoms with van der Waals surface area (Å²) in [7, 11) is -3.74. The highest BCUT2D eigenvalue weighted by Gasteiger charge is 2.22. The summed E-state index contributed by atoms with van der Waals surface area (Å²) in [4.78, 5) is 13.6. The van der Waals surface area contributed by atoms with Gasteiger partial charge < -0.3 is 14.7 Å². The first-order chi connectivity index (χ1) is 12.0. The highest BCUT2D eigenvalue weighted by atomic mass is 32.2. The number of hydrogen-bond acceptors (Lipinski definition) is 5. The molecule has 8 heteroatoms. The van der Waals surface area contributed by atoms with E-state index in [4.69, 9.17) is 4.74 Å². The van der Waals surface area contributed by atoms with Gasteiger partial charge in [-0.2, -0.15) is 0 Å². The molecule has 0 spiro atoms. The molecule has 0 bridgehead atoms. The van der Waals surface area contributed by atoms with E-state index >= 15 is 0 Å². The lowest BCUT2D eigenvalue weighted by Crippen LogP contribution is -2.31. The van der Waals surface area contributed by atoms with Crippen molar-refractivity contribution in [2.75, 3.05) is 37.7 Å². The number of piperidine rings is 1. The van der Waals surface area contributed by atoms with E-state index in [0.29, 0.717) is 25.3 Å². The Balaban J connectivity index is 2.15. The predicted octanol–water partition coefficient (Wildman–Crippen LogP) is 2.08. The van der Waals surface area contributed by atoms with Gasteiger partial charge in [0.25, 0.3) is 0 Å². The quantitative estimate of drug-likeness (QED) is 0.646. The molecule has 140 valence electrons. The molecule has 7 nitrogen and oxygen atoms in total. The van der Waals surface area contributed by atoms with Crippen molar-refractivity contribution in [1.82, 2.24) is 4.72 Å². The van der Waals surface area contributed by atoms with Crippen molar-refractivity contribution < 1.29 is 23.1 Å². The SMILES string of the molecule is CCOCCCNS(=O)(=O)c1ccc(N2CCCCC2)c(C(=O)O)c1. The number of rotatable bonds is 9. The summed E-state index contributed by atoms with van der Waals surface area (Å²) < 4.78 is 32.4. The van der Waals surface area contributed by atoms with Crippen LogP contribution in [0.3, 0.4) is 0 Å². The highest BCUT2D eigenvalue weighted by Crippen LogP contribution is 2.27. The van der Waals surface area contributed by atoms with Crippen LogP contribution in [0.25, 0.3) is 0 Å². The zero-order valence-corrected chi connectivity index (χ0v) is 15.3. The number of benzene rings is 1. The Morgan fingerprint density at radius 2 is 2.00 bits per heavy atom. The fourth-order valence-electron chi connectivity index (χ4n) is 2.87. The fraction of sp³-hybridized carbons (Fsp3) is 0.588. The van der Waals surface area contributed by atoms with Gasteiger partial charge in [0.2, 0.25) is 10.0 Å². The van der Waals surface area contributed by atoms with Gasteiger partial charge in [-0.1, -0.05) is 0 Å². The Kier molecular flexibility index (Phi) is 7.22. The second-order valence-electron chi connectivity index (χ2n) is 5.98. The molecule has 1 aliphatic rings. The van der Waals surface area contributed by atoms with Crippen LogP contribution in [0.4, 0.5) is 5.69 Å². The van der Waals surface area contributed by atoms with Gasteiger partial charge in [-0.15, -0.1) is 0 Å². The van der Waals surface area contributed by atoms with Crippen molar-refractivity contribution in [2.45, 2.75) is 37.5 Å². The van der Waals surface area contributed by atoms with Crippen molar-refractivity contribution in [2.24, 2.45) is 0 Å². The molecule has 1 heterocycles. The number of hydrogen-bond donors (Lipinski definition) is 2. The van der Waals surface area contributed by atoms with Crippen LogP contribution in [0.2, 0.25) is 0 Å². The standard InChI is InChI=1S/C17H26N2O5S/c1-2-24-12-6-9-18-25(22,23)14-7-8-16(15(13-14)17(20)21)19-10-4-3-5-11-19/h7-8,13,18H,2-6,9-12H2,1H3,(H,20,21). The van der Waals surface area contributed by atoms with Crippen molar-refractivity contribution in [1.29, 1.82) is 0 Å². The van der Waals surface area contributed by atoms with Crippen LogP contribution in [0, 0.1) is 0 Å². The van der Waals surface area contributed by atoms with Gasteiger partial charge in [0.15, 0.2) is 0 Å². The van der Waals surface area contributed by atoms with Crippen LogP contribution in [0.1, 0.15) is 43.0 Å². The van der Waals surface area contributed by atoms with Crippen LogP contribution < -0.4 is 9.62 Å². The van der Waals surface area contributed by atoms with Crippen molar-refractivity contribution in [3.05, 3.63) is 23.8 Å². The second-order valence-corrected chi connectivity index (χ2v) is 7.75. The summed E-state index contributed by atoms with van der Waals surface area (Å²) in [5.41, 5.74) is 0.613. The summed E-state index contributed by atoms with van der Waals surface area (Å²) in [6.07, 6.45) is 3.72. The zero-order chi connectivity index (χ0) is 18.3. The van der Waals surface area contributed by atoms with E-state index in [1.807, 2.05) is 11.8 Å². The largest absolute Gasteiger partial charge is 0.478 e. The minimum Gasteiger partial charge on any atom is -0.478 e. The number of nitrogens with zero attached hydrogens (tertiary/aromatic N) is 1. The number of carboxylic acid groups (broad SMARTS) is 1. The van der Waals surface area contributed by atoms with Crippen LogP contribution in [0.5, 0.6) is 0 Å². The fourth-order valence-corrected chi connectivity index (χ4v) is 3.97. The molecular formula is C17H26N2O5S. The van der Waals surface area contributed by atoms with E-state index < -0.39 is 16.0 Å². The third-order valence-corrected chi connectivity index (χ3v) is 5.63. The van der Waals surface area contributed by atoms with Crippen LogP contribution in [-0.4, -0.2) is 52.3 Å². The number of carbonyl (C=O) groups is 1. The molecule has 0 aromatic heterocycles. The van der Waals surface area contributed by atoms with Crippen molar-refractivity contribution >= 4 is 21.7 Å². The monoisotopic (exact) mass is 370 g/mol. The molecular weight excluding hydrogens is 344 g/mol. The van der Waals surface area contributed by atoms with E-state index in [2.05, 4.69) is 4.72 Å². The maximum Gasteiger partial charge on any atom is 0.337 e. The Hall–Kier alpha value is -1.64. The molecule has 25 heavy (non-hydrogen) atoms. The topological polar surface area (TPSA) is 95.9 Å². The summed E-state index contributed by atoms with van der Waals surface area (Å²) in [6.45, 7) is 4.78. The summed E-state index contributed by atoms with van der Waals surface area (Å²) in [6, 6.07) is 4.32. The Bertz CT molecular complexity index is 684. The number of ether oxygens (including phenoxy) is 1. The lowest BCUT2D eigenvalue weighted by molar-refractivity contribution is 0.0697. The van der Waals surface area contributed by atoms with Gasteiger partial charge in [-0.25, -0.2) is 17.9 Å². The van der Waals surface area contributed by atoms with Gasteiger partial charge in [-0.3, -0.25) is 0 Å². The number of anilines is 1. The lowest BCUT2D eigenvalue weighted by Gasteiger charge is -2.30. The van der Waals surface area contributed by atoms with E-state index in [1.54, 1.807) is 6.07 Å². The van der Waals surface area contributed by atoms with Gasteiger partial charge in [0.05, 0.1) is 16.1 Å². The molecule has 1 aliphatic heterocycles. The normalized spacial score (nSPS) is 15.3. The molecule has 1 fully saturated rings. The molecule has 1 aromatic rings. The molecule has 0 atom stereocenters. The second kappa shape index (κ2) is 9.17. The predicted molar refractivity (Wildman–Crippen MR) is 95.8 cm³/mol. The molecule has 0 aliphatic carbocycles. The number of sulfonamides is 1. The first-order valence-electron chi connectivity index (χ1n) is 8.65. The lowest BCUT2D eigenvalue weighted by atomic mass is 10.1. The summed E-state index contributed by atoms with van der Waals surface area (Å²) >= 11 is 0. The maximum atomic E-state index is 12.4. The van der Waals surface area contributed by atoms with Crippen molar-refractivity contribution in [3.63, 3.8) is 0 Å². The Morgan fingerprint density at radius 3 is 2.64 bits per heavy atom. The van der Waals surface area contributed by atoms with Gasteiger partial charge in [0.1, 0.15) is 0 Å². The molecule has 1 saturated heterocycles. The van der Waals surface area contributed by atoms with Gasteiger partial charge >= 0.3 is 5.97 Å². The first-order valence-corrected chi connectivity index (χ1v) is 10.1. The maximum absolute atomic E-state index is 12.4. The smallest absolute Gasteiger partial charge is 0.337 e. The Morgan fingerprint density at radius 1 is 1.28 bits per heavy atom. The molecule has 0 radical (unpaired) electrons. The minimum atomic E-state index is -3.74. The summed E-state index contributed by atoms with van der Waals surface area (Å²) in [5, 5.41) is 9.50. The van der Waals surface area contributed by atoms with E-state index in [0.717, 1.165) is 32.4 Å². The minimum absolute atomic E-state index is 0.0259. The molecule has 0 unspecified atom stereocenters. The third kappa shape index (κ3) is 5.42. The molecule has 2 N–H and O–H groups in total. The molecule has 0 amide bonds. The Labute approximate surface area is 149 Å². The third-order valence-electron chi connectivity index (χ3n) is 4.17. The molecule has 1 aromatic carbocycles. The molecule has 2 rings (SSSR count). The molecule has 0 saturated carbocycles. The number of carboxylic acids is 1. The average molecular weight is 370 g/mol. The summed E-state index contributed by atoms with van der Waals surface area (Å²) in [5.74, 6) is -1.12. The van der Waals surface area contributed by atoms with Crippen LogP contribution >= 0.6 is 0 Å². The average Bonchev–Trinajstić information content (AvgIpc) is 2.61. The van der Waals surface area contributed by atoms with Gasteiger partial charge in [0, 0.05) is 32.8 Å². The number of nitrogens with one attached hydrogen (secondary N) is 1. The van der Waals surface area contributed by atoms with Gasteiger partial charge in [-0.05, 0) is 50.8 Å². The van der Waals surface area contributed by atoms with Crippen LogP contribution in [-0.2, 0) is 14.8 Å². The van der Waals surface area contributed by atoms with Crippen LogP contribution in [0.15, 0.2) is 23.1 Å². The highest BCUT2D eigenvalue weighted by molar-refractivity contribution is 7.89. The van der Waals surface area contributed by atoms with E-state index in [1.165, 1.54) is 12.1 Å². The number of aromatic carboxylic acids is 1. The van der Waals surface area contributed by atoms with E-state index in [9.17, 15) is 18.3 Å². The van der Waals surface area contributed by atoms with E-state index in [-0.39, 0.29) is 17.0 Å². The first kappa shape index (κ1) is 19.7. The zero-order valence-electron chi connectivity index (χ0n) is 14.5. The van der Waals surface area contributed by atoms with Crippen molar-refractivity contribution in [3.8, 4) is 0 Å².